The summed E-state index contributed by atoms with van der Waals surface area (Å²) in [5.74, 6) is 0. The summed E-state index contributed by atoms with van der Waals surface area (Å²) >= 11 is 0. The summed E-state index contributed by atoms with van der Waals surface area (Å²) in [6.07, 6.45) is 3.61. The van der Waals surface area contributed by atoms with Crippen LogP contribution in [0.5, 0.6) is 0 Å². The topological polar surface area (TPSA) is 62.4 Å². The van der Waals surface area contributed by atoms with Gasteiger partial charge in [0.15, 0.2) is 0 Å². The number of benzene rings is 1. The third kappa shape index (κ3) is 2.09. The molecule has 0 atom stereocenters. The third-order valence-electron chi connectivity index (χ3n) is 5.00. The summed E-state index contributed by atoms with van der Waals surface area (Å²) in [5.41, 5.74) is 3.29. The Labute approximate surface area is 130 Å². The van der Waals surface area contributed by atoms with Gasteiger partial charge >= 0.3 is 0 Å². The van der Waals surface area contributed by atoms with Gasteiger partial charge in [-0.15, -0.1) is 0 Å². The first-order valence-corrected chi connectivity index (χ1v) is 9.54. The van der Waals surface area contributed by atoms with Crippen LogP contribution in [0, 0.1) is 0 Å². The molecule has 4 rings (SSSR count). The van der Waals surface area contributed by atoms with Gasteiger partial charge in [0.05, 0.1) is 18.6 Å². The van der Waals surface area contributed by atoms with Crippen molar-refractivity contribution >= 4 is 20.9 Å². The number of hydrogen-bond donors (Lipinski definition) is 1. The summed E-state index contributed by atoms with van der Waals surface area (Å²) in [4.78, 5) is 3.54. The Kier molecular flexibility index (Phi) is 3.11. The van der Waals surface area contributed by atoms with Crippen LogP contribution in [0.4, 0.5) is 0 Å². The molecule has 1 aromatic heterocycles. The van der Waals surface area contributed by atoms with Crippen LogP contribution in [0.2, 0.25) is 0 Å². The first-order chi connectivity index (χ1) is 10.5. The van der Waals surface area contributed by atoms with E-state index >= 15 is 0 Å². The van der Waals surface area contributed by atoms with E-state index in [1.165, 1.54) is 17.2 Å². The van der Waals surface area contributed by atoms with E-state index < -0.39 is 10.0 Å². The number of ether oxygens (including phenoxy) is 1. The maximum Gasteiger partial charge on any atom is 0.211 e. The van der Waals surface area contributed by atoms with Gasteiger partial charge in [0, 0.05) is 24.0 Å². The van der Waals surface area contributed by atoms with E-state index in [1.54, 1.807) is 4.31 Å². The van der Waals surface area contributed by atoms with Crippen molar-refractivity contribution in [3.05, 3.63) is 35.5 Å². The highest BCUT2D eigenvalue weighted by atomic mass is 32.2. The van der Waals surface area contributed by atoms with Crippen molar-refractivity contribution in [3.8, 4) is 0 Å². The van der Waals surface area contributed by atoms with Gasteiger partial charge in [-0.1, -0.05) is 18.2 Å². The zero-order chi connectivity index (χ0) is 15.4. The minimum absolute atomic E-state index is 0.353. The van der Waals surface area contributed by atoms with Crippen molar-refractivity contribution in [1.82, 2.24) is 9.29 Å². The molecule has 0 bridgehead atoms. The van der Waals surface area contributed by atoms with Gasteiger partial charge in [-0.05, 0) is 30.9 Å². The number of fused-ring (bicyclic) bond motifs is 4. The lowest BCUT2D eigenvalue weighted by Crippen LogP contribution is -2.48. The van der Waals surface area contributed by atoms with E-state index in [0.29, 0.717) is 32.5 Å². The lowest BCUT2D eigenvalue weighted by atomic mass is 9.84. The van der Waals surface area contributed by atoms with Crippen LogP contribution in [-0.2, 0) is 26.8 Å². The summed E-state index contributed by atoms with van der Waals surface area (Å²) < 4.78 is 31.2. The molecule has 2 aliphatic rings. The molecule has 3 heterocycles. The normalized spacial score (nSPS) is 22.0. The monoisotopic (exact) mass is 320 g/mol. The fraction of sp³-hybridized carbons (Fsp3) is 0.500. The number of sulfonamides is 1. The average molecular weight is 320 g/mol. The van der Waals surface area contributed by atoms with Crippen LogP contribution in [0.3, 0.4) is 0 Å². The highest BCUT2D eigenvalue weighted by molar-refractivity contribution is 7.88. The van der Waals surface area contributed by atoms with Crippen LogP contribution in [-0.4, -0.2) is 43.7 Å². The van der Waals surface area contributed by atoms with E-state index in [-0.39, 0.29) is 5.60 Å². The van der Waals surface area contributed by atoms with Crippen molar-refractivity contribution in [2.75, 3.05) is 26.0 Å². The first kappa shape index (κ1) is 14.2. The number of H-pyrrole nitrogens is 1. The van der Waals surface area contributed by atoms with Crippen LogP contribution in [0.15, 0.2) is 24.3 Å². The predicted molar refractivity (Wildman–Crippen MR) is 85.3 cm³/mol. The Bertz CT molecular complexity index is 817. The van der Waals surface area contributed by atoms with Crippen molar-refractivity contribution < 1.29 is 13.2 Å². The van der Waals surface area contributed by atoms with Crippen molar-refractivity contribution in [2.24, 2.45) is 0 Å². The Morgan fingerprint density at radius 1 is 1.23 bits per heavy atom. The molecule has 2 aromatic rings. The molecule has 1 saturated heterocycles. The van der Waals surface area contributed by atoms with Gasteiger partial charge < -0.3 is 9.72 Å². The number of hydrogen-bond acceptors (Lipinski definition) is 3. The maximum absolute atomic E-state index is 11.7. The highest BCUT2D eigenvalue weighted by Crippen LogP contribution is 2.43. The fourth-order valence-electron chi connectivity index (χ4n) is 3.84. The maximum atomic E-state index is 11.7. The number of nitrogens with zero attached hydrogens (tertiary/aromatic N) is 1. The quantitative estimate of drug-likeness (QED) is 0.874. The Balaban J connectivity index is 1.74. The molecule has 0 aliphatic carbocycles. The average Bonchev–Trinajstić information content (AvgIpc) is 2.88. The molecule has 0 unspecified atom stereocenters. The van der Waals surface area contributed by atoms with E-state index in [4.69, 9.17) is 4.74 Å². The summed E-state index contributed by atoms with van der Waals surface area (Å²) in [5, 5.41) is 1.27. The summed E-state index contributed by atoms with van der Waals surface area (Å²) in [7, 11) is -3.12. The fourth-order valence-corrected chi connectivity index (χ4v) is 4.69. The predicted octanol–water partition coefficient (Wildman–Crippen LogP) is 1.99. The first-order valence-electron chi connectivity index (χ1n) is 7.69. The molecule has 118 valence electrons. The standard InChI is InChI=1S/C16H20N2O3S/c1-22(19,20)18-9-7-16(8-10-18)15-13(6-11-21-16)12-4-2-3-5-14(12)17-15/h2-5,17H,6-11H2,1H3. The number of nitrogens with one attached hydrogen (secondary N) is 1. The number of aromatic nitrogens is 1. The number of aromatic amines is 1. The van der Waals surface area contributed by atoms with Crippen molar-refractivity contribution in [2.45, 2.75) is 24.9 Å². The molecule has 1 spiro atoms. The third-order valence-corrected chi connectivity index (χ3v) is 6.30. The molecule has 1 fully saturated rings. The Morgan fingerprint density at radius 3 is 2.68 bits per heavy atom. The van der Waals surface area contributed by atoms with Crippen molar-refractivity contribution in [1.29, 1.82) is 0 Å². The van der Waals surface area contributed by atoms with Gasteiger partial charge in [-0.2, -0.15) is 0 Å². The van der Waals surface area contributed by atoms with Crippen LogP contribution in [0.1, 0.15) is 24.1 Å². The number of piperidine rings is 1. The van der Waals surface area contributed by atoms with Gasteiger partial charge in [0.1, 0.15) is 5.60 Å². The van der Waals surface area contributed by atoms with E-state index in [0.717, 1.165) is 17.6 Å². The van der Waals surface area contributed by atoms with Crippen LogP contribution >= 0.6 is 0 Å². The second-order valence-electron chi connectivity index (χ2n) is 6.28. The molecule has 0 radical (unpaired) electrons. The van der Waals surface area contributed by atoms with Crippen LogP contribution in [0.25, 0.3) is 10.9 Å². The molecular formula is C16H20N2O3S. The second kappa shape index (κ2) is 4.81. The molecule has 5 nitrogen and oxygen atoms in total. The molecule has 22 heavy (non-hydrogen) atoms. The Hall–Kier alpha value is -1.37. The lowest BCUT2D eigenvalue weighted by Gasteiger charge is -2.43. The SMILES string of the molecule is CS(=O)(=O)N1CCC2(CC1)OCCc1c2[nH]c2ccccc12. The van der Waals surface area contributed by atoms with Gasteiger partial charge in [-0.3, -0.25) is 0 Å². The molecule has 2 aliphatic heterocycles. The molecule has 1 N–H and O–H groups in total. The zero-order valence-corrected chi connectivity index (χ0v) is 13.4. The summed E-state index contributed by atoms with van der Waals surface area (Å²) in [6.45, 7) is 1.75. The van der Waals surface area contributed by atoms with E-state index in [9.17, 15) is 8.42 Å². The van der Waals surface area contributed by atoms with Gasteiger partial charge in [0.2, 0.25) is 10.0 Å². The van der Waals surface area contributed by atoms with Gasteiger partial charge in [-0.25, -0.2) is 12.7 Å². The zero-order valence-electron chi connectivity index (χ0n) is 12.6. The van der Waals surface area contributed by atoms with E-state index in [2.05, 4.69) is 23.2 Å². The Morgan fingerprint density at radius 2 is 1.95 bits per heavy atom. The molecule has 1 aromatic carbocycles. The van der Waals surface area contributed by atoms with Gasteiger partial charge in [0.25, 0.3) is 0 Å². The lowest BCUT2D eigenvalue weighted by molar-refractivity contribution is -0.0914. The molecular weight excluding hydrogens is 300 g/mol. The highest BCUT2D eigenvalue weighted by Gasteiger charge is 2.44. The molecule has 0 amide bonds. The largest absolute Gasteiger partial charge is 0.368 e. The number of rotatable bonds is 1. The van der Waals surface area contributed by atoms with Crippen LogP contribution < -0.4 is 0 Å². The smallest absolute Gasteiger partial charge is 0.211 e. The number of para-hydroxylation sites is 1. The second-order valence-corrected chi connectivity index (χ2v) is 8.26. The molecule has 6 heteroatoms. The van der Waals surface area contributed by atoms with E-state index in [1.807, 2.05) is 6.07 Å². The summed E-state index contributed by atoms with van der Waals surface area (Å²) in [6, 6.07) is 8.33. The molecule has 0 saturated carbocycles. The van der Waals surface area contributed by atoms with Crippen molar-refractivity contribution in [3.63, 3.8) is 0 Å². The minimum Gasteiger partial charge on any atom is -0.368 e. The minimum atomic E-state index is -3.12.